The highest BCUT2D eigenvalue weighted by atomic mass is 35.5. The van der Waals surface area contributed by atoms with E-state index in [9.17, 15) is 18.0 Å². The summed E-state index contributed by atoms with van der Waals surface area (Å²) < 4.78 is 26.7. The lowest BCUT2D eigenvalue weighted by atomic mass is 10.0. The molecule has 12 heteroatoms. The van der Waals surface area contributed by atoms with E-state index in [1.54, 1.807) is 18.2 Å². The van der Waals surface area contributed by atoms with Crippen LogP contribution in [-0.2, 0) is 32.6 Å². The van der Waals surface area contributed by atoms with Crippen LogP contribution in [0.5, 0.6) is 0 Å². The Morgan fingerprint density at radius 3 is 2.15 bits per heavy atom. The van der Waals surface area contributed by atoms with Crippen molar-refractivity contribution in [2.45, 2.75) is 45.3 Å². The summed E-state index contributed by atoms with van der Waals surface area (Å²) in [6.07, 6.45) is 1.82. The highest BCUT2D eigenvalue weighted by molar-refractivity contribution is 7.92. The van der Waals surface area contributed by atoms with Gasteiger partial charge in [-0.05, 0) is 54.8 Å². The van der Waals surface area contributed by atoms with E-state index >= 15 is 0 Å². The molecular weight excluding hydrogens is 628 g/mol. The number of sulfonamides is 1. The molecule has 0 aliphatic rings. The molecule has 1 N–H and O–H groups in total. The molecule has 0 aromatic heterocycles. The van der Waals surface area contributed by atoms with Crippen LogP contribution in [0.15, 0.2) is 66.7 Å². The molecule has 41 heavy (non-hydrogen) atoms. The molecule has 2 atom stereocenters. The summed E-state index contributed by atoms with van der Waals surface area (Å²) in [7, 11) is -4.00. The Labute approximate surface area is 261 Å². The maximum Gasteiger partial charge on any atom is 0.244 e. The Morgan fingerprint density at radius 2 is 1.54 bits per heavy atom. The molecule has 0 radical (unpaired) electrons. The van der Waals surface area contributed by atoms with E-state index in [1.165, 1.54) is 23.1 Å². The molecule has 0 saturated heterocycles. The van der Waals surface area contributed by atoms with Crippen LogP contribution < -0.4 is 9.62 Å². The van der Waals surface area contributed by atoms with Crippen LogP contribution in [0.3, 0.4) is 0 Å². The van der Waals surface area contributed by atoms with Crippen LogP contribution >= 0.6 is 46.4 Å². The molecular formula is C29H31Cl4N3O4S. The fraction of sp³-hybridized carbons (Fsp3) is 0.310. The number of anilines is 1. The number of nitrogens with zero attached hydrogens (tertiary/aromatic N) is 2. The molecule has 0 saturated carbocycles. The zero-order valence-electron chi connectivity index (χ0n) is 22.8. The second kappa shape index (κ2) is 14.6. The summed E-state index contributed by atoms with van der Waals surface area (Å²) in [5, 5.41) is 4.01. The summed E-state index contributed by atoms with van der Waals surface area (Å²) in [6.45, 7) is 3.09. The van der Waals surface area contributed by atoms with Crippen molar-refractivity contribution in [3.05, 3.63) is 97.9 Å². The Hall–Kier alpha value is -2.49. The number of amides is 2. The van der Waals surface area contributed by atoms with Crippen LogP contribution in [0.25, 0.3) is 0 Å². The highest BCUT2D eigenvalue weighted by Gasteiger charge is 2.34. The van der Waals surface area contributed by atoms with E-state index in [1.807, 2.05) is 44.2 Å². The average molecular weight is 659 g/mol. The Bertz CT molecular complexity index is 1490. The van der Waals surface area contributed by atoms with Crippen LogP contribution in [0.4, 0.5) is 5.69 Å². The topological polar surface area (TPSA) is 86.8 Å². The molecule has 2 amide bonds. The number of carbonyl (C=O) groups excluding carboxylic acids is 2. The van der Waals surface area contributed by atoms with E-state index in [0.29, 0.717) is 22.0 Å². The van der Waals surface area contributed by atoms with Gasteiger partial charge in [0.1, 0.15) is 12.6 Å². The van der Waals surface area contributed by atoms with Crippen molar-refractivity contribution in [3.8, 4) is 0 Å². The predicted octanol–water partition coefficient (Wildman–Crippen LogP) is 6.62. The maximum atomic E-state index is 14.1. The number of hydrogen-bond donors (Lipinski definition) is 1. The lowest BCUT2D eigenvalue weighted by Crippen LogP contribution is -2.54. The van der Waals surface area contributed by atoms with Gasteiger partial charge in [-0.2, -0.15) is 0 Å². The monoisotopic (exact) mass is 657 g/mol. The summed E-state index contributed by atoms with van der Waals surface area (Å²) >= 11 is 25.1. The summed E-state index contributed by atoms with van der Waals surface area (Å²) in [6, 6.07) is 17.3. The molecule has 0 aliphatic carbocycles. The molecule has 0 unspecified atom stereocenters. The van der Waals surface area contributed by atoms with E-state index in [2.05, 4.69) is 5.32 Å². The average Bonchev–Trinajstić information content (AvgIpc) is 2.91. The van der Waals surface area contributed by atoms with Gasteiger partial charge in [-0.15, -0.1) is 0 Å². The molecule has 3 rings (SSSR count). The molecule has 3 aromatic carbocycles. The van der Waals surface area contributed by atoms with Gasteiger partial charge in [0.05, 0.1) is 17.0 Å². The summed E-state index contributed by atoms with van der Waals surface area (Å²) in [5.74, 6) is -1.02. The summed E-state index contributed by atoms with van der Waals surface area (Å²) in [5.41, 5.74) is 1.39. The van der Waals surface area contributed by atoms with Crippen molar-refractivity contribution in [3.63, 3.8) is 0 Å². The van der Waals surface area contributed by atoms with Gasteiger partial charge in [-0.25, -0.2) is 8.42 Å². The molecule has 3 aromatic rings. The fourth-order valence-corrected chi connectivity index (χ4v) is 5.86. The van der Waals surface area contributed by atoms with Crippen molar-refractivity contribution >= 4 is 73.9 Å². The van der Waals surface area contributed by atoms with Crippen molar-refractivity contribution < 1.29 is 18.0 Å². The number of benzene rings is 3. The molecule has 0 fully saturated rings. The minimum absolute atomic E-state index is 0.0446. The second-order valence-corrected chi connectivity index (χ2v) is 13.2. The van der Waals surface area contributed by atoms with Gasteiger partial charge < -0.3 is 10.2 Å². The normalized spacial score (nSPS) is 12.9. The quantitative estimate of drug-likeness (QED) is 0.237. The number of halogens is 4. The highest BCUT2D eigenvalue weighted by Crippen LogP contribution is 2.31. The van der Waals surface area contributed by atoms with Gasteiger partial charge in [0.15, 0.2) is 0 Å². The Balaban J connectivity index is 2.12. The summed E-state index contributed by atoms with van der Waals surface area (Å²) in [4.78, 5) is 29.2. The van der Waals surface area contributed by atoms with Crippen molar-refractivity contribution in [1.82, 2.24) is 10.2 Å². The maximum absolute atomic E-state index is 14.1. The lowest BCUT2D eigenvalue weighted by molar-refractivity contribution is -0.140. The molecule has 0 heterocycles. The van der Waals surface area contributed by atoms with Gasteiger partial charge in [0, 0.05) is 34.1 Å². The molecule has 0 aliphatic heterocycles. The third-order valence-corrected chi connectivity index (χ3v) is 8.75. The van der Waals surface area contributed by atoms with E-state index in [4.69, 9.17) is 46.4 Å². The largest absolute Gasteiger partial charge is 0.352 e. The first kappa shape index (κ1) is 33.0. The van der Waals surface area contributed by atoms with E-state index in [0.717, 1.165) is 16.1 Å². The van der Waals surface area contributed by atoms with E-state index < -0.39 is 28.5 Å². The van der Waals surface area contributed by atoms with Gasteiger partial charge in [-0.1, -0.05) is 89.7 Å². The molecule has 220 valence electrons. The molecule has 0 spiro atoms. The molecule has 7 nitrogen and oxygen atoms in total. The van der Waals surface area contributed by atoms with Gasteiger partial charge >= 0.3 is 0 Å². The predicted molar refractivity (Wildman–Crippen MR) is 167 cm³/mol. The van der Waals surface area contributed by atoms with Gasteiger partial charge in [-0.3, -0.25) is 13.9 Å². The zero-order chi connectivity index (χ0) is 30.3. The second-order valence-electron chi connectivity index (χ2n) is 9.65. The Kier molecular flexibility index (Phi) is 11.8. The zero-order valence-corrected chi connectivity index (χ0v) is 26.6. The molecule has 0 bridgehead atoms. The van der Waals surface area contributed by atoms with Crippen LogP contribution in [0, 0.1) is 0 Å². The Morgan fingerprint density at radius 1 is 0.902 bits per heavy atom. The van der Waals surface area contributed by atoms with Gasteiger partial charge in [0.2, 0.25) is 21.8 Å². The smallest absolute Gasteiger partial charge is 0.244 e. The van der Waals surface area contributed by atoms with Crippen LogP contribution in [0.2, 0.25) is 20.1 Å². The van der Waals surface area contributed by atoms with Crippen LogP contribution in [-0.4, -0.2) is 50.0 Å². The standard InChI is InChI=1S/C29H31Cl4N3O4S/c1-4-19(2)34-29(38)27(14-20-8-6-5-7-9-20)35(17-21-10-11-22(30)15-25(21)33)28(37)18-36(41(3,39)40)26-16-23(31)12-13-24(26)32/h5-13,15-16,19,27H,4,14,17-18H2,1-3H3,(H,34,38)/t19-,27+/m1/s1. The van der Waals surface area contributed by atoms with Gasteiger partial charge in [0.25, 0.3) is 0 Å². The SMILES string of the molecule is CC[C@@H](C)NC(=O)[C@H](Cc1ccccc1)N(Cc1ccc(Cl)cc1Cl)C(=O)CN(c1cc(Cl)ccc1Cl)S(C)(=O)=O. The third-order valence-electron chi connectivity index (χ3n) is 6.48. The van der Waals surface area contributed by atoms with E-state index in [-0.39, 0.29) is 40.6 Å². The minimum Gasteiger partial charge on any atom is -0.352 e. The first-order valence-electron chi connectivity index (χ1n) is 12.8. The lowest BCUT2D eigenvalue weighted by Gasteiger charge is -2.34. The van der Waals surface area contributed by atoms with Crippen molar-refractivity contribution in [2.75, 3.05) is 17.1 Å². The first-order valence-corrected chi connectivity index (χ1v) is 16.2. The first-order chi connectivity index (χ1) is 19.3. The number of nitrogens with one attached hydrogen (secondary N) is 1. The number of rotatable bonds is 12. The van der Waals surface area contributed by atoms with Crippen molar-refractivity contribution in [2.24, 2.45) is 0 Å². The minimum atomic E-state index is -4.00. The number of carbonyl (C=O) groups is 2. The fourth-order valence-electron chi connectivity index (χ4n) is 4.10. The third kappa shape index (κ3) is 9.25. The van der Waals surface area contributed by atoms with Crippen molar-refractivity contribution in [1.29, 1.82) is 0 Å². The van der Waals surface area contributed by atoms with Crippen LogP contribution in [0.1, 0.15) is 31.4 Å². The number of hydrogen-bond acceptors (Lipinski definition) is 4.